The Hall–Kier alpha value is -2.80. The zero-order valence-electron chi connectivity index (χ0n) is 16.5. The van der Waals surface area contributed by atoms with Crippen molar-refractivity contribution < 1.29 is 18.7 Å². The van der Waals surface area contributed by atoms with Gasteiger partial charge in [-0.3, -0.25) is 4.79 Å². The second-order valence-corrected chi connectivity index (χ2v) is 7.36. The van der Waals surface area contributed by atoms with Crippen molar-refractivity contribution in [1.29, 1.82) is 0 Å². The summed E-state index contributed by atoms with van der Waals surface area (Å²) in [5.74, 6) is 0.725. The summed E-state index contributed by atoms with van der Waals surface area (Å²) in [6.07, 6.45) is 3.19. The molecule has 0 aliphatic carbocycles. The number of ether oxygens (including phenoxy) is 2. The topological polar surface area (TPSA) is 52.5 Å². The van der Waals surface area contributed by atoms with Crippen molar-refractivity contribution in [2.24, 2.45) is 0 Å². The van der Waals surface area contributed by atoms with Crippen LogP contribution in [0.3, 0.4) is 0 Å². The van der Waals surface area contributed by atoms with Crippen LogP contribution in [0, 0.1) is 12.7 Å². The number of aryl methyl sites for hydroxylation is 1. The predicted octanol–water partition coefficient (Wildman–Crippen LogP) is 4.70. The Kier molecular flexibility index (Phi) is 6.59. The summed E-state index contributed by atoms with van der Waals surface area (Å²) in [5, 5.41) is 3.73. The van der Waals surface area contributed by atoms with E-state index in [4.69, 9.17) is 9.47 Å². The molecule has 1 amide bonds. The molecule has 0 saturated carbocycles. The first-order valence-electron chi connectivity index (χ1n) is 9.05. The zero-order valence-corrected chi connectivity index (χ0v) is 18.0. The number of aromatic nitrogens is 1. The van der Waals surface area contributed by atoms with Gasteiger partial charge in [0.05, 0.1) is 18.7 Å². The molecule has 0 unspecified atom stereocenters. The fourth-order valence-corrected chi connectivity index (χ4v) is 3.85. The average molecular weight is 461 g/mol. The summed E-state index contributed by atoms with van der Waals surface area (Å²) in [4.78, 5) is 12.2. The van der Waals surface area contributed by atoms with Crippen LogP contribution in [-0.2, 0) is 11.3 Å². The fourth-order valence-electron chi connectivity index (χ4n) is 3.23. The fraction of sp³-hybridized carbons (Fsp3) is 0.227. The van der Waals surface area contributed by atoms with Gasteiger partial charge in [0.2, 0.25) is 5.91 Å². The highest BCUT2D eigenvalue weighted by molar-refractivity contribution is 9.10. The highest BCUT2D eigenvalue weighted by Crippen LogP contribution is 2.36. The molecule has 2 aromatic carbocycles. The van der Waals surface area contributed by atoms with Crippen LogP contribution in [-0.4, -0.2) is 31.2 Å². The van der Waals surface area contributed by atoms with E-state index < -0.39 is 0 Å². The molecule has 0 saturated heterocycles. The maximum atomic E-state index is 13.4. The van der Waals surface area contributed by atoms with Gasteiger partial charge < -0.3 is 19.4 Å². The third-order valence-corrected chi connectivity index (χ3v) is 5.18. The van der Waals surface area contributed by atoms with Gasteiger partial charge in [-0.25, -0.2) is 4.39 Å². The summed E-state index contributed by atoms with van der Waals surface area (Å²) in [5.41, 5.74) is 2.77. The summed E-state index contributed by atoms with van der Waals surface area (Å²) >= 11 is 3.44. The molecule has 0 fully saturated rings. The van der Waals surface area contributed by atoms with Gasteiger partial charge in [0, 0.05) is 35.8 Å². The molecule has 5 nitrogen and oxygen atoms in total. The molecule has 0 aliphatic rings. The van der Waals surface area contributed by atoms with Crippen LogP contribution in [0.5, 0.6) is 11.5 Å². The maximum absolute atomic E-state index is 13.4. The molecular formula is C22H22BrFN2O3. The zero-order chi connectivity index (χ0) is 21.0. The van der Waals surface area contributed by atoms with Gasteiger partial charge in [0.15, 0.2) is 11.5 Å². The number of rotatable bonds is 7. The van der Waals surface area contributed by atoms with E-state index >= 15 is 0 Å². The predicted molar refractivity (Wildman–Crippen MR) is 116 cm³/mol. The SMILES string of the molecule is COc1cc(C=CC(=O)NCCn2c(C)cc3cc(F)ccc32)cc(Br)c1OC. The second kappa shape index (κ2) is 9.13. The van der Waals surface area contributed by atoms with Crippen molar-refractivity contribution in [1.82, 2.24) is 9.88 Å². The van der Waals surface area contributed by atoms with Gasteiger partial charge in [0.1, 0.15) is 5.82 Å². The van der Waals surface area contributed by atoms with Crippen molar-refractivity contribution in [3.63, 3.8) is 0 Å². The van der Waals surface area contributed by atoms with E-state index in [1.54, 1.807) is 32.4 Å². The number of hydrogen-bond acceptors (Lipinski definition) is 3. The summed E-state index contributed by atoms with van der Waals surface area (Å²) < 4.78 is 26.8. The molecule has 1 heterocycles. The normalized spacial score (nSPS) is 11.2. The smallest absolute Gasteiger partial charge is 0.244 e. The first-order valence-corrected chi connectivity index (χ1v) is 9.85. The third-order valence-electron chi connectivity index (χ3n) is 4.59. The lowest BCUT2D eigenvalue weighted by atomic mass is 10.2. The van der Waals surface area contributed by atoms with Gasteiger partial charge in [-0.2, -0.15) is 0 Å². The van der Waals surface area contributed by atoms with E-state index in [-0.39, 0.29) is 11.7 Å². The first-order chi connectivity index (χ1) is 13.9. The minimum absolute atomic E-state index is 0.198. The molecule has 152 valence electrons. The van der Waals surface area contributed by atoms with Gasteiger partial charge >= 0.3 is 0 Å². The lowest BCUT2D eigenvalue weighted by Crippen LogP contribution is -2.25. The highest BCUT2D eigenvalue weighted by atomic mass is 79.9. The van der Waals surface area contributed by atoms with Gasteiger partial charge in [0.25, 0.3) is 0 Å². The number of fused-ring (bicyclic) bond motifs is 1. The number of carbonyl (C=O) groups is 1. The Morgan fingerprint density at radius 1 is 1.21 bits per heavy atom. The molecule has 1 aromatic heterocycles. The third kappa shape index (κ3) is 4.79. The van der Waals surface area contributed by atoms with E-state index in [0.29, 0.717) is 24.6 Å². The maximum Gasteiger partial charge on any atom is 0.244 e. The Balaban J connectivity index is 1.62. The van der Waals surface area contributed by atoms with Gasteiger partial charge in [-0.1, -0.05) is 0 Å². The largest absolute Gasteiger partial charge is 0.493 e. The molecule has 3 rings (SSSR count). The Morgan fingerprint density at radius 3 is 2.72 bits per heavy atom. The van der Waals surface area contributed by atoms with E-state index in [2.05, 4.69) is 25.8 Å². The molecule has 29 heavy (non-hydrogen) atoms. The van der Waals surface area contributed by atoms with Crippen molar-refractivity contribution >= 4 is 38.8 Å². The van der Waals surface area contributed by atoms with E-state index in [1.165, 1.54) is 18.2 Å². The van der Waals surface area contributed by atoms with Crippen LogP contribution < -0.4 is 14.8 Å². The number of halogens is 2. The van der Waals surface area contributed by atoms with Crippen LogP contribution in [0.15, 0.2) is 46.9 Å². The number of benzene rings is 2. The molecular weight excluding hydrogens is 439 g/mol. The summed E-state index contributed by atoms with van der Waals surface area (Å²) in [7, 11) is 3.13. The van der Waals surface area contributed by atoms with Crippen LogP contribution >= 0.6 is 15.9 Å². The Labute approximate surface area is 177 Å². The van der Waals surface area contributed by atoms with Crippen molar-refractivity contribution in [3.05, 3.63) is 64.0 Å². The lowest BCUT2D eigenvalue weighted by molar-refractivity contribution is -0.116. The molecule has 7 heteroatoms. The van der Waals surface area contributed by atoms with Gasteiger partial charge in [-0.05, 0) is 70.9 Å². The van der Waals surface area contributed by atoms with E-state index in [9.17, 15) is 9.18 Å². The number of nitrogens with one attached hydrogen (secondary N) is 1. The number of hydrogen-bond donors (Lipinski definition) is 1. The van der Waals surface area contributed by atoms with Crippen LogP contribution in [0.1, 0.15) is 11.3 Å². The molecule has 0 aliphatic heterocycles. The van der Waals surface area contributed by atoms with Crippen molar-refractivity contribution in [3.8, 4) is 11.5 Å². The Bertz CT molecular complexity index is 1080. The molecule has 0 radical (unpaired) electrons. The molecule has 1 N–H and O–H groups in total. The minimum Gasteiger partial charge on any atom is -0.493 e. The van der Waals surface area contributed by atoms with E-state index in [0.717, 1.165) is 26.6 Å². The summed E-state index contributed by atoms with van der Waals surface area (Å²) in [6, 6.07) is 10.3. The molecule has 0 atom stereocenters. The number of carbonyl (C=O) groups excluding carboxylic acids is 1. The number of nitrogens with zero attached hydrogens (tertiary/aromatic N) is 1. The molecule has 3 aromatic rings. The van der Waals surface area contributed by atoms with Crippen LogP contribution in [0.4, 0.5) is 4.39 Å². The highest BCUT2D eigenvalue weighted by Gasteiger charge is 2.10. The Morgan fingerprint density at radius 2 is 2.00 bits per heavy atom. The monoisotopic (exact) mass is 460 g/mol. The van der Waals surface area contributed by atoms with Crippen molar-refractivity contribution in [2.75, 3.05) is 20.8 Å². The number of amides is 1. The standard InChI is InChI=1S/C22H22BrFN2O3/c1-14-10-16-13-17(24)5-6-19(16)26(14)9-8-25-21(27)7-4-15-11-18(23)22(29-3)20(12-15)28-2/h4-7,10-13H,8-9H2,1-3H3,(H,25,27). The van der Waals surface area contributed by atoms with Crippen LogP contribution in [0.2, 0.25) is 0 Å². The van der Waals surface area contributed by atoms with Crippen molar-refractivity contribution in [2.45, 2.75) is 13.5 Å². The molecule has 0 spiro atoms. The van der Waals surface area contributed by atoms with Crippen LogP contribution in [0.25, 0.3) is 17.0 Å². The lowest BCUT2D eigenvalue weighted by Gasteiger charge is -2.10. The first kappa shape index (κ1) is 20.9. The summed E-state index contributed by atoms with van der Waals surface area (Å²) in [6.45, 7) is 3.03. The minimum atomic E-state index is -0.255. The van der Waals surface area contributed by atoms with Gasteiger partial charge in [-0.15, -0.1) is 0 Å². The van der Waals surface area contributed by atoms with E-state index in [1.807, 2.05) is 19.1 Å². The number of methoxy groups -OCH3 is 2. The molecule has 0 bridgehead atoms. The average Bonchev–Trinajstić information content (AvgIpc) is 3.00. The quantitative estimate of drug-likeness (QED) is 0.520. The second-order valence-electron chi connectivity index (χ2n) is 6.50.